The minimum atomic E-state index is -0.796. The Balaban J connectivity index is 2.43. The van der Waals surface area contributed by atoms with Crippen LogP contribution in [0.2, 0.25) is 0 Å². The van der Waals surface area contributed by atoms with Gasteiger partial charge in [0, 0.05) is 6.54 Å². The Labute approximate surface area is 102 Å². The van der Waals surface area contributed by atoms with E-state index in [1.165, 1.54) is 0 Å². The Morgan fingerprint density at radius 3 is 2.65 bits per heavy atom. The van der Waals surface area contributed by atoms with Crippen LogP contribution < -0.4 is 0 Å². The summed E-state index contributed by atoms with van der Waals surface area (Å²) in [5.74, 6) is 0. The van der Waals surface area contributed by atoms with Crippen molar-refractivity contribution in [3.8, 4) is 0 Å². The molecule has 1 atom stereocenters. The van der Waals surface area contributed by atoms with Gasteiger partial charge in [0.2, 0.25) is 0 Å². The lowest BCUT2D eigenvalue weighted by Crippen LogP contribution is -2.51. The fraction of sp³-hybridized carbons (Fsp3) is 0.500. The van der Waals surface area contributed by atoms with E-state index in [9.17, 15) is 9.90 Å². The summed E-state index contributed by atoms with van der Waals surface area (Å²) in [5, 5.41) is 9.39. The number of carbonyl (C=O) groups is 1. The first-order valence-corrected chi connectivity index (χ1v) is 6.27. The van der Waals surface area contributed by atoms with Crippen LogP contribution in [0.25, 0.3) is 0 Å². The standard InChI is InChI=1S/C14H19NO2/c1-2-14(12-8-4-3-5-9-12)10-6-7-11-15(14)13(16)17/h3-5,8-9H,2,6-7,10-11H2,1H3,(H,16,17). The third kappa shape index (κ3) is 2.02. The molecule has 1 aliphatic rings. The molecule has 0 aromatic heterocycles. The molecule has 2 rings (SSSR count). The Morgan fingerprint density at radius 2 is 2.06 bits per heavy atom. The summed E-state index contributed by atoms with van der Waals surface area (Å²) in [6.07, 6.45) is 3.05. The van der Waals surface area contributed by atoms with E-state index in [0.29, 0.717) is 6.54 Å². The number of hydrogen-bond donors (Lipinski definition) is 1. The molecule has 1 heterocycles. The van der Waals surface area contributed by atoms with E-state index in [2.05, 4.69) is 6.92 Å². The summed E-state index contributed by atoms with van der Waals surface area (Å²) in [6.45, 7) is 2.73. The number of likely N-dealkylation sites (tertiary alicyclic amines) is 1. The molecular weight excluding hydrogens is 214 g/mol. The highest BCUT2D eigenvalue weighted by atomic mass is 16.4. The van der Waals surface area contributed by atoms with Crippen LogP contribution in [0.1, 0.15) is 38.2 Å². The van der Waals surface area contributed by atoms with Gasteiger partial charge in [-0.25, -0.2) is 4.79 Å². The van der Waals surface area contributed by atoms with Gasteiger partial charge in [0.05, 0.1) is 5.54 Å². The maximum Gasteiger partial charge on any atom is 0.408 e. The van der Waals surface area contributed by atoms with Gasteiger partial charge in [0.15, 0.2) is 0 Å². The van der Waals surface area contributed by atoms with E-state index in [4.69, 9.17) is 0 Å². The van der Waals surface area contributed by atoms with Crippen molar-refractivity contribution in [2.45, 2.75) is 38.1 Å². The van der Waals surface area contributed by atoms with Gasteiger partial charge < -0.3 is 5.11 Å². The van der Waals surface area contributed by atoms with Gasteiger partial charge in [-0.3, -0.25) is 4.90 Å². The van der Waals surface area contributed by atoms with Crippen LogP contribution >= 0.6 is 0 Å². The van der Waals surface area contributed by atoms with Crippen LogP contribution in [0, 0.1) is 0 Å². The van der Waals surface area contributed by atoms with Gasteiger partial charge in [0.25, 0.3) is 0 Å². The minimum Gasteiger partial charge on any atom is -0.465 e. The van der Waals surface area contributed by atoms with Crippen molar-refractivity contribution in [2.75, 3.05) is 6.54 Å². The van der Waals surface area contributed by atoms with Crippen LogP contribution in [0.3, 0.4) is 0 Å². The molecule has 0 aliphatic carbocycles. The SMILES string of the molecule is CCC1(c2ccccc2)CCCCN1C(=O)O. The van der Waals surface area contributed by atoms with E-state index in [0.717, 1.165) is 31.2 Å². The molecule has 0 saturated carbocycles. The molecule has 3 heteroatoms. The third-order valence-corrected chi connectivity index (χ3v) is 3.87. The fourth-order valence-electron chi connectivity index (χ4n) is 2.94. The zero-order valence-corrected chi connectivity index (χ0v) is 10.2. The van der Waals surface area contributed by atoms with Crippen LogP contribution in [-0.4, -0.2) is 22.6 Å². The molecule has 17 heavy (non-hydrogen) atoms. The number of hydrogen-bond acceptors (Lipinski definition) is 1. The lowest BCUT2D eigenvalue weighted by Gasteiger charge is -2.45. The molecule has 1 aliphatic heterocycles. The van der Waals surface area contributed by atoms with E-state index < -0.39 is 6.09 Å². The molecule has 1 aromatic rings. The van der Waals surface area contributed by atoms with Crippen molar-refractivity contribution in [1.29, 1.82) is 0 Å². The monoisotopic (exact) mass is 233 g/mol. The average Bonchev–Trinajstić information content (AvgIpc) is 2.39. The highest BCUT2D eigenvalue weighted by Gasteiger charge is 2.41. The number of nitrogens with zero attached hydrogens (tertiary/aromatic N) is 1. The van der Waals surface area contributed by atoms with E-state index >= 15 is 0 Å². The Bertz CT molecular complexity index is 390. The Morgan fingerprint density at radius 1 is 1.35 bits per heavy atom. The molecular formula is C14H19NO2. The molecule has 0 bridgehead atoms. The maximum absolute atomic E-state index is 11.4. The van der Waals surface area contributed by atoms with Crippen LogP contribution in [0.5, 0.6) is 0 Å². The predicted octanol–water partition coefficient (Wildman–Crippen LogP) is 3.46. The molecule has 0 radical (unpaired) electrons. The summed E-state index contributed by atoms with van der Waals surface area (Å²) in [7, 11) is 0. The van der Waals surface area contributed by atoms with Gasteiger partial charge in [-0.2, -0.15) is 0 Å². The predicted molar refractivity (Wildman–Crippen MR) is 67.0 cm³/mol. The second-order valence-electron chi connectivity index (χ2n) is 4.64. The number of amides is 1. The first-order valence-electron chi connectivity index (χ1n) is 6.27. The molecule has 92 valence electrons. The number of rotatable bonds is 2. The van der Waals surface area contributed by atoms with Crippen LogP contribution in [-0.2, 0) is 5.54 Å². The molecule has 1 N–H and O–H groups in total. The van der Waals surface area contributed by atoms with Crippen molar-refractivity contribution >= 4 is 6.09 Å². The largest absolute Gasteiger partial charge is 0.465 e. The summed E-state index contributed by atoms with van der Waals surface area (Å²) in [5.41, 5.74) is 0.815. The normalized spacial score (nSPS) is 24.6. The van der Waals surface area contributed by atoms with Gasteiger partial charge >= 0.3 is 6.09 Å². The molecule has 0 spiro atoms. The van der Waals surface area contributed by atoms with E-state index in [1.54, 1.807) is 4.90 Å². The zero-order valence-electron chi connectivity index (χ0n) is 10.2. The summed E-state index contributed by atoms with van der Waals surface area (Å²) in [4.78, 5) is 13.1. The quantitative estimate of drug-likeness (QED) is 0.849. The number of carboxylic acid groups (broad SMARTS) is 1. The van der Waals surface area contributed by atoms with Crippen LogP contribution in [0.15, 0.2) is 30.3 Å². The molecule has 1 aromatic carbocycles. The first kappa shape index (κ1) is 12.0. The van der Waals surface area contributed by atoms with Gasteiger partial charge in [-0.05, 0) is 31.2 Å². The van der Waals surface area contributed by atoms with Gasteiger partial charge in [-0.1, -0.05) is 37.3 Å². The highest BCUT2D eigenvalue weighted by molar-refractivity contribution is 5.67. The van der Waals surface area contributed by atoms with Crippen molar-refractivity contribution in [2.24, 2.45) is 0 Å². The first-order chi connectivity index (χ1) is 8.20. The van der Waals surface area contributed by atoms with Crippen molar-refractivity contribution in [1.82, 2.24) is 4.90 Å². The van der Waals surface area contributed by atoms with Crippen molar-refractivity contribution in [3.63, 3.8) is 0 Å². The molecule has 1 amide bonds. The molecule has 1 unspecified atom stereocenters. The minimum absolute atomic E-state index is 0.314. The smallest absolute Gasteiger partial charge is 0.408 e. The number of benzene rings is 1. The Kier molecular flexibility index (Phi) is 3.36. The average molecular weight is 233 g/mol. The van der Waals surface area contributed by atoms with E-state index in [1.807, 2.05) is 30.3 Å². The lowest BCUT2D eigenvalue weighted by molar-refractivity contribution is 0.0417. The summed E-state index contributed by atoms with van der Waals surface area (Å²) in [6, 6.07) is 10.0. The lowest BCUT2D eigenvalue weighted by atomic mass is 9.78. The topological polar surface area (TPSA) is 40.5 Å². The fourth-order valence-corrected chi connectivity index (χ4v) is 2.94. The van der Waals surface area contributed by atoms with Gasteiger partial charge in [-0.15, -0.1) is 0 Å². The van der Waals surface area contributed by atoms with Crippen molar-refractivity contribution < 1.29 is 9.90 Å². The maximum atomic E-state index is 11.4. The second kappa shape index (κ2) is 4.78. The highest BCUT2D eigenvalue weighted by Crippen LogP contribution is 2.40. The zero-order chi connectivity index (χ0) is 12.3. The summed E-state index contributed by atoms with van der Waals surface area (Å²) >= 11 is 0. The molecule has 1 fully saturated rings. The number of piperidine rings is 1. The van der Waals surface area contributed by atoms with E-state index in [-0.39, 0.29) is 5.54 Å². The van der Waals surface area contributed by atoms with Crippen molar-refractivity contribution in [3.05, 3.63) is 35.9 Å². The van der Waals surface area contributed by atoms with Crippen LogP contribution in [0.4, 0.5) is 4.79 Å². The molecule has 1 saturated heterocycles. The Hall–Kier alpha value is -1.51. The third-order valence-electron chi connectivity index (χ3n) is 3.87. The van der Waals surface area contributed by atoms with Gasteiger partial charge in [0.1, 0.15) is 0 Å². The second-order valence-corrected chi connectivity index (χ2v) is 4.64. The summed E-state index contributed by atoms with van der Waals surface area (Å²) < 4.78 is 0. The molecule has 3 nitrogen and oxygen atoms in total.